The molecule has 19 heavy (non-hydrogen) atoms. The van der Waals surface area contributed by atoms with E-state index in [1.165, 1.54) is 11.3 Å². The lowest BCUT2D eigenvalue weighted by Crippen LogP contribution is -2.22. The smallest absolute Gasteiger partial charge is 0.177 e. The Balaban J connectivity index is 1.70. The normalized spacial score (nSPS) is 18.0. The summed E-state index contributed by atoms with van der Waals surface area (Å²) in [6.45, 7) is 0.914. The monoisotopic (exact) mass is 250 g/mol. The van der Waals surface area contributed by atoms with Gasteiger partial charge in [0.15, 0.2) is 5.65 Å². The van der Waals surface area contributed by atoms with Crippen LogP contribution in [0.1, 0.15) is 17.3 Å². The highest BCUT2D eigenvalue weighted by Crippen LogP contribution is 2.29. The van der Waals surface area contributed by atoms with Gasteiger partial charge in [0.1, 0.15) is 5.82 Å². The van der Waals surface area contributed by atoms with Crippen LogP contribution in [0.25, 0.3) is 11.2 Å². The lowest BCUT2D eigenvalue weighted by atomic mass is 9.93. The number of para-hydroxylation sites is 1. The number of H-pyrrole nitrogens is 1. The third-order valence-electron chi connectivity index (χ3n) is 3.69. The second-order valence-electron chi connectivity index (χ2n) is 4.94. The molecule has 4 nitrogen and oxygen atoms in total. The highest BCUT2D eigenvalue weighted by molar-refractivity contribution is 5.70. The minimum atomic E-state index is 0.379. The molecule has 94 valence electrons. The fourth-order valence-corrected chi connectivity index (χ4v) is 2.69. The van der Waals surface area contributed by atoms with Gasteiger partial charge in [0.25, 0.3) is 0 Å². The van der Waals surface area contributed by atoms with E-state index in [4.69, 9.17) is 0 Å². The molecule has 4 rings (SSSR count). The van der Waals surface area contributed by atoms with E-state index in [2.05, 4.69) is 44.5 Å². The van der Waals surface area contributed by atoms with Crippen LogP contribution in [-0.4, -0.2) is 21.5 Å². The third kappa shape index (κ3) is 1.76. The Labute approximate surface area is 110 Å². The van der Waals surface area contributed by atoms with Crippen molar-refractivity contribution in [3.63, 3.8) is 0 Å². The lowest BCUT2D eigenvalue weighted by molar-refractivity contribution is 0.659. The van der Waals surface area contributed by atoms with E-state index >= 15 is 0 Å². The minimum Gasteiger partial charge on any atom is -0.384 e. The molecule has 3 heterocycles. The first-order valence-electron chi connectivity index (χ1n) is 6.52. The molecule has 0 saturated carbocycles. The number of nitrogens with zero attached hydrogens (tertiary/aromatic N) is 2. The van der Waals surface area contributed by atoms with Crippen molar-refractivity contribution in [1.29, 1.82) is 0 Å². The first-order chi connectivity index (χ1) is 9.40. The predicted octanol–water partition coefficient (Wildman–Crippen LogP) is 2.71. The molecule has 2 aromatic heterocycles. The van der Waals surface area contributed by atoms with E-state index in [9.17, 15) is 0 Å². The number of fused-ring (bicyclic) bond motifs is 2. The largest absolute Gasteiger partial charge is 0.384 e. The molecule has 0 amide bonds. The van der Waals surface area contributed by atoms with Crippen molar-refractivity contribution in [3.8, 4) is 0 Å². The number of hydrogen-bond donors (Lipinski definition) is 2. The number of rotatable bonds is 1. The highest BCUT2D eigenvalue weighted by atomic mass is 15.0. The second kappa shape index (κ2) is 4.09. The fourth-order valence-electron chi connectivity index (χ4n) is 2.69. The first kappa shape index (κ1) is 10.6. The Kier molecular flexibility index (Phi) is 2.27. The molecular formula is C15H14N4. The summed E-state index contributed by atoms with van der Waals surface area (Å²) in [6.07, 6.45) is 2.80. The molecule has 1 atom stereocenters. The number of imidazole rings is 1. The molecule has 4 heteroatoms. The number of pyridine rings is 1. The van der Waals surface area contributed by atoms with Gasteiger partial charge in [0, 0.05) is 24.3 Å². The van der Waals surface area contributed by atoms with Gasteiger partial charge in [-0.3, -0.25) is 0 Å². The van der Waals surface area contributed by atoms with Crippen molar-refractivity contribution in [3.05, 3.63) is 54.0 Å². The highest BCUT2D eigenvalue weighted by Gasteiger charge is 2.22. The summed E-state index contributed by atoms with van der Waals surface area (Å²) in [6, 6.07) is 12.4. The third-order valence-corrected chi connectivity index (χ3v) is 3.69. The maximum atomic E-state index is 4.60. The van der Waals surface area contributed by atoms with Gasteiger partial charge in [-0.2, -0.15) is 0 Å². The molecule has 0 bridgehead atoms. The number of nitrogens with one attached hydrogen (secondary N) is 2. The molecule has 1 unspecified atom stereocenters. The van der Waals surface area contributed by atoms with Gasteiger partial charge in [0.05, 0.1) is 5.52 Å². The van der Waals surface area contributed by atoms with Crippen LogP contribution in [0, 0.1) is 0 Å². The Morgan fingerprint density at radius 1 is 1.11 bits per heavy atom. The summed E-state index contributed by atoms with van der Waals surface area (Å²) in [5, 5.41) is 3.48. The molecule has 1 aliphatic heterocycles. The molecule has 0 fully saturated rings. The van der Waals surface area contributed by atoms with E-state index in [0.717, 1.165) is 30.0 Å². The summed E-state index contributed by atoms with van der Waals surface area (Å²) in [7, 11) is 0. The van der Waals surface area contributed by atoms with Crippen LogP contribution in [0.4, 0.5) is 5.69 Å². The van der Waals surface area contributed by atoms with Crippen molar-refractivity contribution >= 4 is 16.9 Å². The molecule has 0 spiro atoms. The van der Waals surface area contributed by atoms with Crippen LogP contribution in [0.3, 0.4) is 0 Å². The van der Waals surface area contributed by atoms with Crippen molar-refractivity contribution in [2.75, 3.05) is 11.9 Å². The Morgan fingerprint density at radius 3 is 3.00 bits per heavy atom. The predicted molar refractivity (Wildman–Crippen MR) is 75.3 cm³/mol. The molecular weight excluding hydrogens is 236 g/mol. The van der Waals surface area contributed by atoms with Crippen LogP contribution < -0.4 is 5.32 Å². The Morgan fingerprint density at radius 2 is 2.05 bits per heavy atom. The van der Waals surface area contributed by atoms with Crippen molar-refractivity contribution < 1.29 is 0 Å². The van der Waals surface area contributed by atoms with E-state index in [1.54, 1.807) is 6.20 Å². The van der Waals surface area contributed by atoms with Crippen molar-refractivity contribution in [1.82, 2.24) is 15.0 Å². The standard InChI is InChI=1S/C15H14N4/c1-2-5-12-10(4-1)8-11(9-17-12)14-18-13-6-3-7-16-15(13)19-14/h1-7,11,17H,8-9H2,(H,16,18,19). The maximum Gasteiger partial charge on any atom is 0.177 e. The molecule has 0 radical (unpaired) electrons. The van der Waals surface area contributed by atoms with Crippen LogP contribution in [0.2, 0.25) is 0 Å². The van der Waals surface area contributed by atoms with Gasteiger partial charge in [-0.1, -0.05) is 18.2 Å². The number of benzene rings is 1. The SMILES string of the molecule is c1ccc2c(c1)CC(c1nc3ncccc3[nH]1)CN2. The van der Waals surface area contributed by atoms with E-state index < -0.39 is 0 Å². The minimum absolute atomic E-state index is 0.379. The molecule has 0 saturated heterocycles. The van der Waals surface area contributed by atoms with E-state index in [1.807, 2.05) is 12.1 Å². The average molecular weight is 250 g/mol. The number of anilines is 1. The summed E-state index contributed by atoms with van der Waals surface area (Å²) < 4.78 is 0. The molecule has 1 aliphatic rings. The Bertz CT molecular complexity index is 699. The first-order valence-corrected chi connectivity index (χ1v) is 6.52. The zero-order valence-electron chi connectivity index (χ0n) is 10.4. The number of aromatic nitrogens is 3. The molecule has 0 aliphatic carbocycles. The van der Waals surface area contributed by atoms with Gasteiger partial charge in [-0.05, 0) is 30.2 Å². The summed E-state index contributed by atoms with van der Waals surface area (Å²) in [5.74, 6) is 1.40. The van der Waals surface area contributed by atoms with Crippen LogP contribution in [-0.2, 0) is 6.42 Å². The van der Waals surface area contributed by atoms with Crippen LogP contribution in [0.5, 0.6) is 0 Å². The van der Waals surface area contributed by atoms with Crippen molar-refractivity contribution in [2.45, 2.75) is 12.3 Å². The van der Waals surface area contributed by atoms with E-state index in [-0.39, 0.29) is 0 Å². The maximum absolute atomic E-state index is 4.60. The topological polar surface area (TPSA) is 53.6 Å². The molecule has 3 aromatic rings. The zero-order chi connectivity index (χ0) is 12.7. The van der Waals surface area contributed by atoms with Crippen molar-refractivity contribution in [2.24, 2.45) is 0 Å². The Hall–Kier alpha value is -2.36. The number of aromatic amines is 1. The average Bonchev–Trinajstić information content (AvgIpc) is 2.90. The van der Waals surface area contributed by atoms with Gasteiger partial charge >= 0.3 is 0 Å². The molecule has 2 N–H and O–H groups in total. The zero-order valence-corrected chi connectivity index (χ0v) is 10.4. The van der Waals surface area contributed by atoms with Gasteiger partial charge in [-0.25, -0.2) is 9.97 Å². The van der Waals surface area contributed by atoms with Crippen LogP contribution in [0.15, 0.2) is 42.6 Å². The summed E-state index contributed by atoms with van der Waals surface area (Å²) >= 11 is 0. The molecule has 1 aromatic carbocycles. The second-order valence-corrected chi connectivity index (χ2v) is 4.94. The van der Waals surface area contributed by atoms with Crippen LogP contribution >= 0.6 is 0 Å². The summed E-state index contributed by atoms with van der Waals surface area (Å²) in [5.41, 5.74) is 4.41. The van der Waals surface area contributed by atoms with E-state index in [0.29, 0.717) is 5.92 Å². The number of hydrogen-bond acceptors (Lipinski definition) is 3. The fraction of sp³-hybridized carbons (Fsp3) is 0.200. The van der Waals surface area contributed by atoms with Gasteiger partial charge in [0.2, 0.25) is 0 Å². The summed E-state index contributed by atoms with van der Waals surface area (Å²) in [4.78, 5) is 12.3. The van der Waals surface area contributed by atoms with Gasteiger partial charge in [-0.15, -0.1) is 0 Å². The quantitative estimate of drug-likeness (QED) is 0.698. The lowest BCUT2D eigenvalue weighted by Gasteiger charge is -2.24. The van der Waals surface area contributed by atoms with Gasteiger partial charge < -0.3 is 10.3 Å².